The predicted octanol–water partition coefficient (Wildman–Crippen LogP) is 2.30. The van der Waals surface area contributed by atoms with Crippen LogP contribution in [0, 0.1) is 0 Å². The number of ether oxygens (including phenoxy) is 1. The van der Waals surface area contributed by atoms with Crippen LogP contribution in [-0.2, 0) is 9.59 Å². The molecule has 7 nitrogen and oxygen atoms in total. The number of phenolic OH excluding ortho intramolecular Hbond substituents is 1. The summed E-state index contributed by atoms with van der Waals surface area (Å²) in [5.74, 6) is -1.33. The molecule has 1 aromatic carbocycles. The molecule has 0 bridgehead atoms. The van der Waals surface area contributed by atoms with E-state index < -0.39 is 17.1 Å². The van der Waals surface area contributed by atoms with Crippen LogP contribution in [0.25, 0.3) is 6.08 Å². The van der Waals surface area contributed by atoms with Gasteiger partial charge in [-0.25, -0.2) is 0 Å². The number of carboxylic acids is 1. The fraction of sp³-hybridized carbons (Fsp3) is 0.267. The van der Waals surface area contributed by atoms with E-state index in [1.54, 1.807) is 19.1 Å². The van der Waals surface area contributed by atoms with E-state index in [-0.39, 0.29) is 29.4 Å². The lowest BCUT2D eigenvalue weighted by molar-refractivity contribution is -0.137. The molecule has 0 radical (unpaired) electrons. The van der Waals surface area contributed by atoms with E-state index in [0.29, 0.717) is 12.2 Å². The Balaban J connectivity index is 2.20. The van der Waals surface area contributed by atoms with Crippen LogP contribution in [0.5, 0.6) is 11.5 Å². The molecule has 2 rings (SSSR count). The van der Waals surface area contributed by atoms with Crippen molar-refractivity contribution in [3.05, 3.63) is 28.7 Å². The predicted molar refractivity (Wildman–Crippen MR) is 84.2 cm³/mol. The molecule has 122 valence electrons. The van der Waals surface area contributed by atoms with Gasteiger partial charge in [0.05, 0.1) is 17.9 Å². The summed E-state index contributed by atoms with van der Waals surface area (Å²) in [5.41, 5.74) is 0.593. The topological polar surface area (TPSA) is 104 Å². The van der Waals surface area contributed by atoms with Gasteiger partial charge >= 0.3 is 5.97 Å². The van der Waals surface area contributed by atoms with Crippen molar-refractivity contribution in [2.45, 2.75) is 13.3 Å². The highest BCUT2D eigenvalue weighted by atomic mass is 32.2. The lowest BCUT2D eigenvalue weighted by atomic mass is 10.2. The normalized spacial score (nSPS) is 16.2. The van der Waals surface area contributed by atoms with Gasteiger partial charge in [0.1, 0.15) is 0 Å². The third-order valence-corrected chi connectivity index (χ3v) is 3.91. The van der Waals surface area contributed by atoms with Crippen molar-refractivity contribution in [1.29, 1.82) is 0 Å². The summed E-state index contributed by atoms with van der Waals surface area (Å²) in [7, 11) is 0. The van der Waals surface area contributed by atoms with Crippen molar-refractivity contribution in [2.75, 3.05) is 13.2 Å². The number of thioether (sulfide) groups is 1. The molecule has 0 aliphatic carbocycles. The number of phenols is 1. The fourth-order valence-corrected chi connectivity index (χ4v) is 2.81. The van der Waals surface area contributed by atoms with Crippen LogP contribution in [0.3, 0.4) is 0 Å². The maximum Gasteiger partial charge on any atom is 0.305 e. The Bertz CT molecular complexity index is 685. The molecule has 0 unspecified atom stereocenters. The zero-order chi connectivity index (χ0) is 17.0. The zero-order valence-corrected chi connectivity index (χ0v) is 13.1. The Morgan fingerprint density at radius 1 is 1.39 bits per heavy atom. The van der Waals surface area contributed by atoms with Gasteiger partial charge in [0, 0.05) is 6.54 Å². The van der Waals surface area contributed by atoms with E-state index in [2.05, 4.69) is 0 Å². The number of nitrogens with zero attached hydrogens (tertiary/aromatic N) is 1. The van der Waals surface area contributed by atoms with Crippen molar-refractivity contribution in [2.24, 2.45) is 0 Å². The highest BCUT2D eigenvalue weighted by Gasteiger charge is 2.35. The third kappa shape index (κ3) is 4.04. The Kier molecular flexibility index (Phi) is 5.28. The first-order chi connectivity index (χ1) is 10.9. The number of hydrogen-bond donors (Lipinski definition) is 2. The Hall–Kier alpha value is -2.48. The third-order valence-electron chi connectivity index (χ3n) is 3.00. The smallest absolute Gasteiger partial charge is 0.305 e. The summed E-state index contributed by atoms with van der Waals surface area (Å²) in [5, 5.41) is 17.8. The maximum absolute atomic E-state index is 12.2. The summed E-state index contributed by atoms with van der Waals surface area (Å²) in [6, 6.07) is 4.58. The monoisotopic (exact) mass is 337 g/mol. The van der Waals surface area contributed by atoms with E-state index >= 15 is 0 Å². The van der Waals surface area contributed by atoms with Gasteiger partial charge in [0.25, 0.3) is 11.1 Å². The number of aromatic hydroxyl groups is 1. The SMILES string of the molecule is CCOc1cc(/C=C2/SC(=O)N(CCC(=O)O)C2=O)ccc1O. The van der Waals surface area contributed by atoms with E-state index in [0.717, 1.165) is 16.7 Å². The number of hydrogen-bond acceptors (Lipinski definition) is 6. The van der Waals surface area contributed by atoms with Crippen LogP contribution >= 0.6 is 11.8 Å². The number of imide groups is 1. The summed E-state index contributed by atoms with van der Waals surface area (Å²) < 4.78 is 5.26. The Morgan fingerprint density at radius 2 is 2.13 bits per heavy atom. The van der Waals surface area contributed by atoms with Crippen LogP contribution in [-0.4, -0.2) is 45.4 Å². The first-order valence-corrected chi connectivity index (χ1v) is 7.67. The van der Waals surface area contributed by atoms with Gasteiger partial charge in [-0.05, 0) is 42.5 Å². The van der Waals surface area contributed by atoms with E-state index in [4.69, 9.17) is 9.84 Å². The van der Waals surface area contributed by atoms with Crippen molar-refractivity contribution in [1.82, 2.24) is 4.90 Å². The minimum atomic E-state index is -1.08. The first-order valence-electron chi connectivity index (χ1n) is 6.85. The van der Waals surface area contributed by atoms with Gasteiger partial charge < -0.3 is 14.9 Å². The van der Waals surface area contributed by atoms with Crippen LogP contribution in [0.15, 0.2) is 23.1 Å². The number of rotatable bonds is 6. The van der Waals surface area contributed by atoms with Crippen molar-refractivity contribution in [3.8, 4) is 11.5 Å². The lowest BCUT2D eigenvalue weighted by Crippen LogP contribution is -2.30. The first kappa shape index (κ1) is 16.9. The molecule has 0 aromatic heterocycles. The fourth-order valence-electron chi connectivity index (χ4n) is 1.94. The largest absolute Gasteiger partial charge is 0.504 e. The maximum atomic E-state index is 12.2. The highest BCUT2D eigenvalue weighted by molar-refractivity contribution is 8.18. The molecule has 1 aliphatic rings. The van der Waals surface area contributed by atoms with Gasteiger partial charge in [-0.1, -0.05) is 6.07 Å². The minimum absolute atomic E-state index is 0.0152. The molecule has 0 spiro atoms. The minimum Gasteiger partial charge on any atom is -0.504 e. The molecule has 2 N–H and O–H groups in total. The molecule has 23 heavy (non-hydrogen) atoms. The van der Waals surface area contributed by atoms with Gasteiger partial charge in [-0.3, -0.25) is 19.3 Å². The van der Waals surface area contributed by atoms with Crippen LogP contribution in [0.4, 0.5) is 4.79 Å². The van der Waals surface area contributed by atoms with Gasteiger partial charge in [-0.2, -0.15) is 0 Å². The van der Waals surface area contributed by atoms with Crippen molar-refractivity contribution in [3.63, 3.8) is 0 Å². The second kappa shape index (κ2) is 7.19. The summed E-state index contributed by atoms with van der Waals surface area (Å²) in [4.78, 5) is 35.6. The highest BCUT2D eigenvalue weighted by Crippen LogP contribution is 2.34. The number of amides is 2. The van der Waals surface area contributed by atoms with Crippen LogP contribution < -0.4 is 4.74 Å². The van der Waals surface area contributed by atoms with Crippen LogP contribution in [0.1, 0.15) is 18.9 Å². The van der Waals surface area contributed by atoms with Crippen molar-refractivity contribution >= 4 is 35.0 Å². The molecule has 2 amide bonds. The molecule has 1 saturated heterocycles. The Morgan fingerprint density at radius 3 is 2.78 bits per heavy atom. The summed E-state index contributed by atoms with van der Waals surface area (Å²) >= 11 is 0.754. The van der Waals surface area contributed by atoms with Crippen molar-refractivity contribution < 1.29 is 29.3 Å². The number of carboxylic acid groups (broad SMARTS) is 1. The lowest BCUT2D eigenvalue weighted by Gasteiger charge is -2.10. The molecular formula is C15H15NO6S. The molecule has 1 heterocycles. The van der Waals surface area contributed by atoms with Gasteiger partial charge in [0.2, 0.25) is 0 Å². The second-order valence-electron chi connectivity index (χ2n) is 4.64. The van der Waals surface area contributed by atoms with E-state index in [1.807, 2.05) is 0 Å². The molecule has 1 aliphatic heterocycles. The molecule has 0 saturated carbocycles. The standard InChI is InChI=1S/C15H15NO6S/c1-2-22-11-7-9(3-4-10(11)17)8-12-14(20)16(15(21)23-12)6-5-13(18)19/h3-4,7-8,17H,2,5-6H2,1H3,(H,18,19)/b12-8+. The number of aliphatic carboxylic acids is 1. The molecule has 1 fully saturated rings. The van der Waals surface area contributed by atoms with Crippen LogP contribution in [0.2, 0.25) is 0 Å². The zero-order valence-electron chi connectivity index (χ0n) is 12.3. The quantitative estimate of drug-likeness (QED) is 0.767. The summed E-state index contributed by atoms with van der Waals surface area (Å²) in [6.07, 6.45) is 1.21. The van der Waals surface area contributed by atoms with Gasteiger partial charge in [0.15, 0.2) is 11.5 Å². The number of benzene rings is 1. The Labute approximate surface area is 136 Å². The second-order valence-corrected chi connectivity index (χ2v) is 5.63. The average Bonchev–Trinajstić information content (AvgIpc) is 2.75. The number of carbonyl (C=O) groups is 3. The van der Waals surface area contributed by atoms with E-state index in [1.165, 1.54) is 12.1 Å². The molecule has 8 heteroatoms. The van der Waals surface area contributed by atoms with Gasteiger partial charge in [-0.15, -0.1) is 0 Å². The molecule has 0 atom stereocenters. The van der Waals surface area contributed by atoms with E-state index in [9.17, 15) is 19.5 Å². The molecule has 1 aromatic rings. The molecular weight excluding hydrogens is 322 g/mol. The average molecular weight is 337 g/mol. The number of carbonyl (C=O) groups excluding carboxylic acids is 2. The summed E-state index contributed by atoms with van der Waals surface area (Å²) in [6.45, 7) is 2.00.